The first-order valence-electron chi connectivity index (χ1n) is 6.41. The van der Waals surface area contributed by atoms with Crippen LogP contribution in [-0.4, -0.2) is 12.5 Å². The van der Waals surface area contributed by atoms with Gasteiger partial charge in [0, 0.05) is 11.4 Å². The van der Waals surface area contributed by atoms with Gasteiger partial charge in [-0.1, -0.05) is 37.3 Å². The molecule has 1 aromatic carbocycles. The molecule has 0 spiro atoms. The SMILES string of the molecule is CCc1cc(C(=O)NCCc2ccccc2)c(N)s1. The monoisotopic (exact) mass is 274 g/mol. The summed E-state index contributed by atoms with van der Waals surface area (Å²) in [4.78, 5) is 13.1. The Balaban J connectivity index is 1.89. The van der Waals surface area contributed by atoms with Gasteiger partial charge in [0.2, 0.25) is 0 Å². The molecule has 0 saturated heterocycles. The van der Waals surface area contributed by atoms with Crippen LogP contribution in [0.2, 0.25) is 0 Å². The molecule has 3 N–H and O–H groups in total. The maximum absolute atomic E-state index is 12.0. The van der Waals surface area contributed by atoms with Gasteiger partial charge in [0.25, 0.3) is 5.91 Å². The number of rotatable bonds is 5. The molecule has 0 aliphatic rings. The quantitative estimate of drug-likeness (QED) is 0.881. The maximum atomic E-state index is 12.0. The van der Waals surface area contributed by atoms with Gasteiger partial charge in [0.1, 0.15) is 0 Å². The number of carbonyl (C=O) groups excluding carboxylic acids is 1. The number of amides is 1. The highest BCUT2D eigenvalue weighted by Gasteiger charge is 2.12. The molecule has 0 atom stereocenters. The van der Waals surface area contributed by atoms with Gasteiger partial charge in [-0.3, -0.25) is 4.79 Å². The van der Waals surface area contributed by atoms with Gasteiger partial charge in [-0.15, -0.1) is 11.3 Å². The van der Waals surface area contributed by atoms with Crippen LogP contribution in [0.3, 0.4) is 0 Å². The summed E-state index contributed by atoms with van der Waals surface area (Å²) >= 11 is 1.49. The van der Waals surface area contributed by atoms with Crippen molar-refractivity contribution in [3.05, 3.63) is 52.4 Å². The zero-order valence-electron chi connectivity index (χ0n) is 11.0. The van der Waals surface area contributed by atoms with Crippen molar-refractivity contribution in [2.45, 2.75) is 19.8 Å². The Kier molecular flexibility index (Phi) is 4.58. The number of nitrogens with one attached hydrogen (secondary N) is 1. The molecule has 0 saturated carbocycles. The second-order valence-corrected chi connectivity index (χ2v) is 5.50. The number of anilines is 1. The van der Waals surface area contributed by atoms with Gasteiger partial charge in [0.05, 0.1) is 10.6 Å². The summed E-state index contributed by atoms with van der Waals surface area (Å²) in [6, 6.07) is 12.0. The van der Waals surface area contributed by atoms with E-state index < -0.39 is 0 Å². The molecule has 0 radical (unpaired) electrons. The second kappa shape index (κ2) is 6.38. The summed E-state index contributed by atoms with van der Waals surface area (Å²) in [5.74, 6) is -0.0793. The molecule has 0 bridgehead atoms. The third kappa shape index (κ3) is 3.58. The summed E-state index contributed by atoms with van der Waals surface area (Å²) in [6.07, 6.45) is 1.74. The van der Waals surface area contributed by atoms with Crippen molar-refractivity contribution in [3.63, 3.8) is 0 Å². The van der Waals surface area contributed by atoms with E-state index in [1.54, 1.807) is 0 Å². The Morgan fingerprint density at radius 2 is 2.05 bits per heavy atom. The minimum absolute atomic E-state index is 0.0793. The van der Waals surface area contributed by atoms with Gasteiger partial charge in [-0.05, 0) is 24.5 Å². The maximum Gasteiger partial charge on any atom is 0.254 e. The third-order valence-corrected chi connectivity index (χ3v) is 4.06. The number of nitrogen functional groups attached to an aromatic ring is 1. The summed E-state index contributed by atoms with van der Waals surface area (Å²) < 4.78 is 0. The molecule has 1 amide bonds. The van der Waals surface area contributed by atoms with E-state index in [2.05, 4.69) is 24.4 Å². The number of carbonyl (C=O) groups is 1. The van der Waals surface area contributed by atoms with Crippen LogP contribution in [-0.2, 0) is 12.8 Å². The van der Waals surface area contributed by atoms with Gasteiger partial charge < -0.3 is 11.1 Å². The van der Waals surface area contributed by atoms with Gasteiger partial charge in [-0.2, -0.15) is 0 Å². The molecule has 0 aliphatic carbocycles. The van der Waals surface area contributed by atoms with E-state index in [-0.39, 0.29) is 5.91 Å². The van der Waals surface area contributed by atoms with Crippen molar-refractivity contribution in [1.82, 2.24) is 5.32 Å². The van der Waals surface area contributed by atoms with Gasteiger partial charge >= 0.3 is 0 Å². The molecular weight excluding hydrogens is 256 g/mol. The predicted octanol–water partition coefficient (Wildman–Crippen LogP) is 2.87. The minimum Gasteiger partial charge on any atom is -0.390 e. The number of hydrogen-bond acceptors (Lipinski definition) is 3. The second-order valence-electron chi connectivity index (χ2n) is 4.34. The fraction of sp³-hybridized carbons (Fsp3) is 0.267. The fourth-order valence-electron chi connectivity index (χ4n) is 1.87. The molecule has 2 rings (SSSR count). The molecule has 2 aromatic rings. The standard InChI is InChI=1S/C15H18N2OS/c1-2-12-10-13(14(16)19-12)15(18)17-9-8-11-6-4-3-5-7-11/h3-7,10H,2,8-9,16H2,1H3,(H,17,18). The molecule has 4 heteroatoms. The number of benzene rings is 1. The highest BCUT2D eigenvalue weighted by molar-refractivity contribution is 7.16. The third-order valence-electron chi connectivity index (χ3n) is 2.95. The fourth-order valence-corrected chi connectivity index (χ4v) is 2.73. The summed E-state index contributed by atoms with van der Waals surface area (Å²) in [5, 5.41) is 3.52. The zero-order chi connectivity index (χ0) is 13.7. The molecule has 19 heavy (non-hydrogen) atoms. The lowest BCUT2D eigenvalue weighted by Crippen LogP contribution is -2.25. The van der Waals surface area contributed by atoms with Crippen molar-refractivity contribution < 1.29 is 4.79 Å². The average molecular weight is 274 g/mol. The normalized spacial score (nSPS) is 10.4. The number of nitrogens with two attached hydrogens (primary N) is 1. The predicted molar refractivity (Wildman–Crippen MR) is 80.6 cm³/mol. The van der Waals surface area contributed by atoms with E-state index in [9.17, 15) is 4.79 Å². The first kappa shape index (κ1) is 13.6. The molecule has 0 fully saturated rings. The molecule has 100 valence electrons. The van der Waals surface area contributed by atoms with Crippen molar-refractivity contribution in [2.75, 3.05) is 12.3 Å². The van der Waals surface area contributed by atoms with Crippen molar-refractivity contribution in [3.8, 4) is 0 Å². The van der Waals surface area contributed by atoms with E-state index in [4.69, 9.17) is 5.73 Å². The Morgan fingerprint density at radius 3 is 2.68 bits per heavy atom. The van der Waals surface area contributed by atoms with Crippen LogP contribution >= 0.6 is 11.3 Å². The minimum atomic E-state index is -0.0793. The van der Waals surface area contributed by atoms with E-state index in [1.165, 1.54) is 16.9 Å². The smallest absolute Gasteiger partial charge is 0.254 e. The van der Waals surface area contributed by atoms with E-state index >= 15 is 0 Å². The van der Waals surface area contributed by atoms with Crippen LogP contribution in [0.1, 0.15) is 27.7 Å². The molecule has 0 aliphatic heterocycles. The Bertz CT molecular complexity index is 549. The topological polar surface area (TPSA) is 55.1 Å². The lowest BCUT2D eigenvalue weighted by Gasteiger charge is -2.04. The highest BCUT2D eigenvalue weighted by atomic mass is 32.1. The first-order valence-corrected chi connectivity index (χ1v) is 7.22. The molecule has 3 nitrogen and oxygen atoms in total. The molecule has 0 unspecified atom stereocenters. The first-order chi connectivity index (χ1) is 9.20. The Labute approximate surface area is 117 Å². The van der Waals surface area contributed by atoms with Gasteiger partial charge in [-0.25, -0.2) is 0 Å². The molecule has 1 heterocycles. The number of aryl methyl sites for hydroxylation is 1. The number of thiophene rings is 1. The lowest BCUT2D eigenvalue weighted by atomic mass is 10.1. The van der Waals surface area contributed by atoms with E-state index in [0.717, 1.165) is 17.7 Å². The Morgan fingerprint density at radius 1 is 1.32 bits per heavy atom. The van der Waals surface area contributed by atoms with Gasteiger partial charge in [0.15, 0.2) is 0 Å². The summed E-state index contributed by atoms with van der Waals surface area (Å²) in [5.41, 5.74) is 7.68. The number of hydrogen-bond donors (Lipinski definition) is 2. The van der Waals surface area contributed by atoms with Crippen molar-refractivity contribution in [1.29, 1.82) is 0 Å². The molecular formula is C15H18N2OS. The van der Waals surface area contributed by atoms with Crippen LogP contribution in [0.15, 0.2) is 36.4 Å². The molecule has 1 aromatic heterocycles. The van der Waals surface area contributed by atoms with Crippen LogP contribution in [0.5, 0.6) is 0 Å². The van der Waals surface area contributed by atoms with Crippen molar-refractivity contribution in [2.24, 2.45) is 0 Å². The van der Waals surface area contributed by atoms with E-state index in [0.29, 0.717) is 17.1 Å². The van der Waals surface area contributed by atoms with Crippen molar-refractivity contribution >= 4 is 22.2 Å². The summed E-state index contributed by atoms with van der Waals surface area (Å²) in [7, 11) is 0. The lowest BCUT2D eigenvalue weighted by molar-refractivity contribution is 0.0955. The zero-order valence-corrected chi connectivity index (χ0v) is 11.8. The average Bonchev–Trinajstić information content (AvgIpc) is 2.81. The van der Waals surface area contributed by atoms with Crippen LogP contribution in [0.25, 0.3) is 0 Å². The highest BCUT2D eigenvalue weighted by Crippen LogP contribution is 2.25. The summed E-state index contributed by atoms with van der Waals surface area (Å²) in [6.45, 7) is 2.68. The Hall–Kier alpha value is -1.81. The van der Waals surface area contributed by atoms with Crippen LogP contribution < -0.4 is 11.1 Å². The van der Waals surface area contributed by atoms with E-state index in [1.807, 2.05) is 24.3 Å². The van der Waals surface area contributed by atoms with Crippen LogP contribution in [0, 0.1) is 0 Å². The largest absolute Gasteiger partial charge is 0.390 e. The van der Waals surface area contributed by atoms with Crippen LogP contribution in [0.4, 0.5) is 5.00 Å².